The summed E-state index contributed by atoms with van der Waals surface area (Å²) in [6.07, 6.45) is 45.6. The number of unbranched alkanes of at least 4 members (excludes halogenated alkanes) is 24. The van der Waals surface area contributed by atoms with E-state index < -0.39 is 0 Å². The van der Waals surface area contributed by atoms with Crippen molar-refractivity contribution in [3.05, 3.63) is 0 Å². The van der Waals surface area contributed by atoms with E-state index in [1.54, 1.807) is 0 Å². The van der Waals surface area contributed by atoms with E-state index in [9.17, 15) is 0 Å². The van der Waals surface area contributed by atoms with E-state index in [-0.39, 0.29) is 0 Å². The molecule has 0 aromatic heterocycles. The highest BCUT2D eigenvalue weighted by atomic mass is 14.1. The van der Waals surface area contributed by atoms with Crippen LogP contribution < -0.4 is 0 Å². The van der Waals surface area contributed by atoms with E-state index >= 15 is 0 Å². The molecule has 0 radical (unpaired) electrons. The summed E-state index contributed by atoms with van der Waals surface area (Å²) in [5.41, 5.74) is 0. The molecule has 0 rings (SSSR count). The largest absolute Gasteiger partial charge is 0.0654 e. The molecule has 0 amide bonds. The fourth-order valence-electron chi connectivity index (χ4n) is 6.12. The van der Waals surface area contributed by atoms with E-state index in [1.165, 1.54) is 199 Å². The minimum absolute atomic E-state index is 0.966. The van der Waals surface area contributed by atoms with E-state index in [1.807, 2.05) is 0 Å². The molecule has 0 nitrogen and oxygen atoms in total. The Bertz CT molecular complexity index is 385. The van der Waals surface area contributed by atoms with Crippen LogP contribution in [0.15, 0.2) is 0 Å². The van der Waals surface area contributed by atoms with Crippen LogP contribution in [0, 0.1) is 11.8 Å². The van der Waals surface area contributed by atoms with Gasteiger partial charge < -0.3 is 0 Å². The van der Waals surface area contributed by atoms with E-state index in [0.29, 0.717) is 0 Å². The molecule has 0 aromatic rings. The molecule has 0 heteroatoms. The molecular formula is C37H76. The first-order chi connectivity index (χ1) is 18.2. The van der Waals surface area contributed by atoms with E-state index in [2.05, 4.69) is 27.7 Å². The Kier molecular flexibility index (Phi) is 32.2. The van der Waals surface area contributed by atoms with Crippen LogP contribution in [0.25, 0.3) is 0 Å². The second-order valence-corrected chi connectivity index (χ2v) is 13.2. The Morgan fingerprint density at radius 1 is 0.243 bits per heavy atom. The molecule has 2 unspecified atom stereocenters. The zero-order valence-electron chi connectivity index (χ0n) is 27.1. The SMILES string of the molecule is CCCCCCCCCCCCC(C)CCCCCCCCCCCCCCCC(C)CCCCCC. The van der Waals surface area contributed by atoms with Gasteiger partial charge in [-0.3, -0.25) is 0 Å². The van der Waals surface area contributed by atoms with Gasteiger partial charge in [-0.2, -0.15) is 0 Å². The summed E-state index contributed by atoms with van der Waals surface area (Å²) in [5.74, 6) is 1.93. The molecule has 0 saturated carbocycles. The first-order valence-electron chi connectivity index (χ1n) is 18.2. The minimum atomic E-state index is 0.966. The molecule has 0 aliphatic rings. The average molecular weight is 521 g/mol. The van der Waals surface area contributed by atoms with Crippen LogP contribution in [0.3, 0.4) is 0 Å². The van der Waals surface area contributed by atoms with Gasteiger partial charge in [-0.1, -0.05) is 227 Å². The van der Waals surface area contributed by atoms with Crippen LogP contribution in [-0.2, 0) is 0 Å². The fraction of sp³-hybridized carbons (Fsp3) is 1.00. The van der Waals surface area contributed by atoms with Crippen LogP contribution in [0.1, 0.15) is 227 Å². The van der Waals surface area contributed by atoms with Crippen molar-refractivity contribution in [1.82, 2.24) is 0 Å². The summed E-state index contributed by atoms with van der Waals surface area (Å²) >= 11 is 0. The van der Waals surface area contributed by atoms with Gasteiger partial charge in [0.25, 0.3) is 0 Å². The summed E-state index contributed by atoms with van der Waals surface area (Å²) in [6, 6.07) is 0. The molecule has 0 spiro atoms. The molecule has 0 aliphatic carbocycles. The normalized spacial score (nSPS) is 13.3. The van der Waals surface area contributed by atoms with Gasteiger partial charge in [0.15, 0.2) is 0 Å². The van der Waals surface area contributed by atoms with Crippen molar-refractivity contribution in [3.8, 4) is 0 Å². The number of hydrogen-bond donors (Lipinski definition) is 0. The molecule has 0 N–H and O–H groups in total. The number of hydrogen-bond acceptors (Lipinski definition) is 0. The van der Waals surface area contributed by atoms with Crippen LogP contribution >= 0.6 is 0 Å². The molecular weight excluding hydrogens is 444 g/mol. The predicted molar refractivity (Wildman–Crippen MR) is 173 cm³/mol. The second kappa shape index (κ2) is 32.2. The molecule has 224 valence electrons. The van der Waals surface area contributed by atoms with Gasteiger partial charge >= 0.3 is 0 Å². The summed E-state index contributed by atoms with van der Waals surface area (Å²) in [4.78, 5) is 0. The van der Waals surface area contributed by atoms with Gasteiger partial charge in [-0.15, -0.1) is 0 Å². The van der Waals surface area contributed by atoms with Gasteiger partial charge in [-0.05, 0) is 11.8 Å². The van der Waals surface area contributed by atoms with E-state index in [0.717, 1.165) is 11.8 Å². The van der Waals surface area contributed by atoms with Crippen molar-refractivity contribution in [3.63, 3.8) is 0 Å². The second-order valence-electron chi connectivity index (χ2n) is 13.2. The Labute approximate surface area is 238 Å². The summed E-state index contributed by atoms with van der Waals surface area (Å²) in [6.45, 7) is 9.60. The Balaban J connectivity index is 3.18. The summed E-state index contributed by atoms with van der Waals surface area (Å²) in [7, 11) is 0. The monoisotopic (exact) mass is 521 g/mol. The minimum Gasteiger partial charge on any atom is -0.0654 e. The lowest BCUT2D eigenvalue weighted by atomic mass is 9.95. The van der Waals surface area contributed by atoms with Crippen LogP contribution in [0.4, 0.5) is 0 Å². The van der Waals surface area contributed by atoms with Gasteiger partial charge in [0, 0.05) is 0 Å². The molecule has 0 heterocycles. The Morgan fingerprint density at radius 3 is 0.622 bits per heavy atom. The highest BCUT2D eigenvalue weighted by molar-refractivity contribution is 4.57. The van der Waals surface area contributed by atoms with Crippen molar-refractivity contribution in [2.45, 2.75) is 227 Å². The van der Waals surface area contributed by atoms with Crippen molar-refractivity contribution in [1.29, 1.82) is 0 Å². The molecule has 37 heavy (non-hydrogen) atoms. The molecule has 0 aliphatic heterocycles. The van der Waals surface area contributed by atoms with Crippen molar-refractivity contribution < 1.29 is 0 Å². The molecule has 0 aromatic carbocycles. The highest BCUT2D eigenvalue weighted by Crippen LogP contribution is 2.20. The maximum absolute atomic E-state index is 2.50. The highest BCUT2D eigenvalue weighted by Gasteiger charge is 2.03. The van der Waals surface area contributed by atoms with Crippen molar-refractivity contribution in [2.75, 3.05) is 0 Å². The van der Waals surface area contributed by atoms with E-state index in [4.69, 9.17) is 0 Å². The van der Waals surface area contributed by atoms with Crippen LogP contribution in [-0.4, -0.2) is 0 Å². The number of rotatable bonds is 32. The van der Waals surface area contributed by atoms with Gasteiger partial charge in [0.2, 0.25) is 0 Å². The summed E-state index contributed by atoms with van der Waals surface area (Å²) < 4.78 is 0. The Hall–Kier alpha value is 0. The zero-order chi connectivity index (χ0) is 27.1. The van der Waals surface area contributed by atoms with Gasteiger partial charge in [-0.25, -0.2) is 0 Å². The Morgan fingerprint density at radius 2 is 0.405 bits per heavy atom. The third-order valence-corrected chi connectivity index (χ3v) is 8.99. The average Bonchev–Trinajstić information content (AvgIpc) is 2.90. The molecule has 0 bridgehead atoms. The maximum Gasteiger partial charge on any atom is -0.0443 e. The topological polar surface area (TPSA) is 0 Å². The molecule has 0 fully saturated rings. The van der Waals surface area contributed by atoms with Crippen molar-refractivity contribution in [2.24, 2.45) is 11.8 Å². The predicted octanol–water partition coefficient (Wildman–Crippen LogP) is 14.4. The third kappa shape index (κ3) is 32.1. The molecule has 2 atom stereocenters. The lowest BCUT2D eigenvalue weighted by Crippen LogP contribution is -1.95. The van der Waals surface area contributed by atoms with Gasteiger partial charge in [0.05, 0.1) is 0 Å². The lowest BCUT2D eigenvalue weighted by Gasteiger charge is -2.11. The zero-order valence-corrected chi connectivity index (χ0v) is 27.1. The smallest absolute Gasteiger partial charge is 0.0443 e. The first kappa shape index (κ1) is 37.0. The lowest BCUT2D eigenvalue weighted by molar-refractivity contribution is 0.429. The van der Waals surface area contributed by atoms with Crippen molar-refractivity contribution >= 4 is 0 Å². The molecule has 0 saturated heterocycles. The maximum atomic E-state index is 2.50. The quantitative estimate of drug-likeness (QED) is 0.0773. The summed E-state index contributed by atoms with van der Waals surface area (Å²) in [5, 5.41) is 0. The first-order valence-corrected chi connectivity index (χ1v) is 18.2. The third-order valence-electron chi connectivity index (χ3n) is 8.99. The standard InChI is InChI=1S/C37H76/c1-5-7-9-11-12-13-19-22-25-30-34-37(4)35-31-27-24-21-18-16-14-15-17-20-23-26-29-33-36(3)32-28-10-8-6-2/h36-37H,5-35H2,1-4H3. The fourth-order valence-corrected chi connectivity index (χ4v) is 6.12. The van der Waals surface area contributed by atoms with Gasteiger partial charge in [0.1, 0.15) is 0 Å². The van der Waals surface area contributed by atoms with Crippen LogP contribution in [0.2, 0.25) is 0 Å². The van der Waals surface area contributed by atoms with Crippen LogP contribution in [0.5, 0.6) is 0 Å².